The molecule has 0 fully saturated rings. The Labute approximate surface area is 139 Å². The number of hydrogen-bond acceptors (Lipinski definition) is 6. The second-order valence-corrected chi connectivity index (χ2v) is 4.25. The average Bonchev–Trinajstić information content (AvgIpc) is 2.61. The van der Waals surface area contributed by atoms with E-state index < -0.39 is 11.9 Å². The Morgan fingerprint density at radius 3 is 1.42 bits per heavy atom. The van der Waals surface area contributed by atoms with Crippen molar-refractivity contribution in [2.45, 2.75) is 6.92 Å². The first-order chi connectivity index (χ1) is 11.5. The molecule has 2 aromatic rings. The maximum atomic E-state index is 11.5. The van der Waals surface area contributed by atoms with E-state index in [2.05, 4.69) is 21.1 Å². The van der Waals surface area contributed by atoms with Gasteiger partial charge in [0.15, 0.2) is 0 Å². The van der Waals surface area contributed by atoms with Gasteiger partial charge in [-0.1, -0.05) is 43.0 Å². The maximum absolute atomic E-state index is 11.5. The molecule has 0 bridgehead atoms. The summed E-state index contributed by atoms with van der Waals surface area (Å²) in [4.78, 5) is 41.6. The van der Waals surface area contributed by atoms with Gasteiger partial charge in [0.05, 0.1) is 17.4 Å². The highest BCUT2D eigenvalue weighted by molar-refractivity contribution is 5.92. The van der Waals surface area contributed by atoms with E-state index in [4.69, 9.17) is 0 Å². The minimum Gasteiger partial charge on any atom is -0.435 e. The Morgan fingerprint density at radius 1 is 0.792 bits per heavy atom. The smallest absolute Gasteiger partial charge is 0.386 e. The van der Waals surface area contributed by atoms with Gasteiger partial charge in [0, 0.05) is 6.92 Å². The number of benzene rings is 2. The summed E-state index contributed by atoms with van der Waals surface area (Å²) in [5, 5.41) is 0. The van der Waals surface area contributed by atoms with Gasteiger partial charge >= 0.3 is 17.9 Å². The van der Waals surface area contributed by atoms with Gasteiger partial charge in [0.25, 0.3) is 0 Å². The van der Waals surface area contributed by atoms with Crippen LogP contribution in [0.5, 0.6) is 0 Å². The van der Waals surface area contributed by atoms with Gasteiger partial charge in [0.1, 0.15) is 0 Å². The van der Waals surface area contributed by atoms with Crippen LogP contribution in [0.2, 0.25) is 0 Å². The molecule has 0 heterocycles. The van der Waals surface area contributed by atoms with E-state index in [1.165, 1.54) is 6.92 Å². The molecule has 24 heavy (non-hydrogen) atoms. The Kier molecular flexibility index (Phi) is 8.03. The topological polar surface area (TPSA) is 78.9 Å². The zero-order valence-electron chi connectivity index (χ0n) is 13.0. The van der Waals surface area contributed by atoms with Crippen molar-refractivity contribution in [1.29, 1.82) is 0 Å². The second kappa shape index (κ2) is 10.3. The predicted molar refractivity (Wildman–Crippen MR) is 85.7 cm³/mol. The summed E-state index contributed by atoms with van der Waals surface area (Å²) in [6.07, 6.45) is 1.10. The summed E-state index contributed by atoms with van der Waals surface area (Å²) in [5.74, 6) is -1.75. The van der Waals surface area contributed by atoms with Gasteiger partial charge < -0.3 is 4.74 Å². The third-order valence-corrected chi connectivity index (χ3v) is 2.46. The van der Waals surface area contributed by atoms with Crippen LogP contribution >= 0.6 is 0 Å². The van der Waals surface area contributed by atoms with Crippen molar-refractivity contribution in [3.05, 3.63) is 84.6 Å². The minimum absolute atomic E-state index is 0.318. The van der Waals surface area contributed by atoms with Crippen molar-refractivity contribution < 1.29 is 28.9 Å². The highest BCUT2D eigenvalue weighted by Gasteiger charge is 2.12. The van der Waals surface area contributed by atoms with E-state index in [0.717, 1.165) is 6.26 Å². The number of ether oxygens (including phenoxy) is 1. The molecule has 0 aromatic heterocycles. The zero-order chi connectivity index (χ0) is 17.8. The van der Waals surface area contributed by atoms with Crippen LogP contribution in [0.15, 0.2) is 73.5 Å². The van der Waals surface area contributed by atoms with Crippen LogP contribution in [0.1, 0.15) is 27.6 Å². The molecular formula is C18H16O6. The first-order valence-electron chi connectivity index (χ1n) is 6.86. The molecule has 6 heteroatoms. The Morgan fingerprint density at radius 2 is 1.17 bits per heavy atom. The number of carbonyl (C=O) groups excluding carboxylic acids is 3. The molecule has 0 aliphatic carbocycles. The minimum atomic E-state index is -0.708. The standard InChI is InChI=1S/C14H10O4.C4H6O2/c15-13(11-7-3-1-4-8-11)17-18-14(16)12-9-5-2-6-10-12;1-3-6-4(2)5/h1-10H;3H,1H2,2H3. The molecule has 124 valence electrons. The van der Waals surface area contributed by atoms with Crippen molar-refractivity contribution in [2.75, 3.05) is 0 Å². The number of esters is 1. The van der Waals surface area contributed by atoms with E-state index in [9.17, 15) is 14.4 Å². The van der Waals surface area contributed by atoms with Crippen LogP contribution in [0.3, 0.4) is 0 Å². The van der Waals surface area contributed by atoms with Crippen LogP contribution in [0, 0.1) is 0 Å². The lowest BCUT2D eigenvalue weighted by molar-refractivity contribution is -0.187. The summed E-state index contributed by atoms with van der Waals surface area (Å²) in [6.45, 7) is 4.48. The van der Waals surface area contributed by atoms with Crippen molar-refractivity contribution in [2.24, 2.45) is 0 Å². The number of carbonyl (C=O) groups is 3. The number of hydrogen-bond donors (Lipinski definition) is 0. The highest BCUT2D eigenvalue weighted by Crippen LogP contribution is 2.05. The lowest BCUT2D eigenvalue weighted by atomic mass is 10.2. The lowest BCUT2D eigenvalue weighted by Crippen LogP contribution is -2.11. The summed E-state index contributed by atoms with van der Waals surface area (Å²) >= 11 is 0. The van der Waals surface area contributed by atoms with Crippen LogP contribution in [0.4, 0.5) is 0 Å². The summed E-state index contributed by atoms with van der Waals surface area (Å²) in [7, 11) is 0. The molecule has 0 aliphatic rings. The fourth-order valence-corrected chi connectivity index (χ4v) is 1.44. The van der Waals surface area contributed by atoms with Crippen molar-refractivity contribution in [1.82, 2.24) is 0 Å². The van der Waals surface area contributed by atoms with Gasteiger partial charge in [-0.05, 0) is 24.3 Å². The molecule has 6 nitrogen and oxygen atoms in total. The van der Waals surface area contributed by atoms with E-state index in [-0.39, 0.29) is 5.97 Å². The summed E-state index contributed by atoms with van der Waals surface area (Å²) in [6, 6.07) is 16.6. The molecule has 0 spiro atoms. The van der Waals surface area contributed by atoms with E-state index in [1.807, 2.05) is 0 Å². The molecule has 0 unspecified atom stereocenters. The Hall–Kier alpha value is -3.41. The molecule has 2 aromatic carbocycles. The monoisotopic (exact) mass is 328 g/mol. The van der Waals surface area contributed by atoms with E-state index >= 15 is 0 Å². The zero-order valence-corrected chi connectivity index (χ0v) is 13.0. The molecule has 2 rings (SSSR count). The van der Waals surface area contributed by atoms with Crippen molar-refractivity contribution in [3.8, 4) is 0 Å². The first-order valence-corrected chi connectivity index (χ1v) is 6.86. The maximum Gasteiger partial charge on any atom is 0.386 e. The lowest BCUT2D eigenvalue weighted by Gasteiger charge is -2.02. The van der Waals surface area contributed by atoms with E-state index in [1.54, 1.807) is 60.7 Å². The van der Waals surface area contributed by atoms with Crippen LogP contribution < -0.4 is 0 Å². The van der Waals surface area contributed by atoms with Crippen LogP contribution in [-0.2, 0) is 19.3 Å². The first kappa shape index (κ1) is 18.6. The predicted octanol–water partition coefficient (Wildman–Crippen LogP) is 3.31. The summed E-state index contributed by atoms with van der Waals surface area (Å²) < 4.78 is 4.17. The second-order valence-electron chi connectivity index (χ2n) is 4.25. The molecule has 0 amide bonds. The van der Waals surface area contributed by atoms with E-state index in [0.29, 0.717) is 11.1 Å². The molecule has 0 aliphatic heterocycles. The number of rotatable bonds is 3. The molecular weight excluding hydrogens is 312 g/mol. The van der Waals surface area contributed by atoms with Crippen LogP contribution in [-0.4, -0.2) is 17.9 Å². The molecule has 0 atom stereocenters. The third-order valence-electron chi connectivity index (χ3n) is 2.46. The fourth-order valence-electron chi connectivity index (χ4n) is 1.44. The van der Waals surface area contributed by atoms with Gasteiger partial charge in [-0.25, -0.2) is 19.4 Å². The average molecular weight is 328 g/mol. The van der Waals surface area contributed by atoms with Crippen LogP contribution in [0.25, 0.3) is 0 Å². The normalized spacial score (nSPS) is 8.88. The molecule has 0 saturated carbocycles. The quantitative estimate of drug-likeness (QED) is 0.372. The van der Waals surface area contributed by atoms with Crippen molar-refractivity contribution >= 4 is 17.9 Å². The van der Waals surface area contributed by atoms with Gasteiger partial charge in [-0.2, -0.15) is 0 Å². The third kappa shape index (κ3) is 7.04. The van der Waals surface area contributed by atoms with Gasteiger partial charge in [-0.3, -0.25) is 4.79 Å². The molecule has 0 radical (unpaired) electrons. The molecule has 0 N–H and O–H groups in total. The largest absolute Gasteiger partial charge is 0.435 e. The Balaban J connectivity index is 0.000000413. The molecule has 0 saturated heterocycles. The highest BCUT2D eigenvalue weighted by atomic mass is 17.2. The van der Waals surface area contributed by atoms with Gasteiger partial charge in [-0.15, -0.1) is 0 Å². The SMILES string of the molecule is C=COC(C)=O.O=C(OOC(=O)c1ccccc1)c1ccccc1. The Bertz CT molecular complexity index is 628. The summed E-state index contributed by atoms with van der Waals surface area (Å²) in [5.41, 5.74) is 0.636. The fraction of sp³-hybridized carbons (Fsp3) is 0.0556. The van der Waals surface area contributed by atoms with Crippen molar-refractivity contribution in [3.63, 3.8) is 0 Å². The van der Waals surface area contributed by atoms with Gasteiger partial charge in [0.2, 0.25) is 0 Å².